The maximum atomic E-state index is 5.85. The van der Waals surface area contributed by atoms with Crippen molar-refractivity contribution in [1.29, 1.82) is 0 Å². The van der Waals surface area contributed by atoms with Gasteiger partial charge >= 0.3 is 0 Å². The van der Waals surface area contributed by atoms with Crippen molar-refractivity contribution in [3.8, 4) is 5.75 Å². The van der Waals surface area contributed by atoms with Crippen molar-refractivity contribution in [2.75, 3.05) is 6.61 Å². The normalized spacial score (nSPS) is 12.4. The van der Waals surface area contributed by atoms with E-state index in [1.165, 1.54) is 10.4 Å². The zero-order valence-corrected chi connectivity index (χ0v) is 13.3. The summed E-state index contributed by atoms with van der Waals surface area (Å²) < 4.78 is 6.89. The molecule has 2 aromatic rings. The molecule has 2 nitrogen and oxygen atoms in total. The monoisotopic (exact) mass is 339 g/mol. The minimum atomic E-state index is 0.151. The first-order valence-electron chi connectivity index (χ1n) is 6.34. The SMILES string of the molecule is CC(N)Cc1cc(OCCc2cccs2)ccc1Br. The van der Waals surface area contributed by atoms with Crippen LogP contribution in [0, 0.1) is 0 Å². The van der Waals surface area contributed by atoms with Gasteiger partial charge in [-0.1, -0.05) is 22.0 Å². The fraction of sp³-hybridized carbons (Fsp3) is 0.333. The molecule has 0 spiro atoms. The highest BCUT2D eigenvalue weighted by Crippen LogP contribution is 2.24. The van der Waals surface area contributed by atoms with Crippen LogP contribution in [-0.2, 0) is 12.8 Å². The molecular formula is C15H18BrNOS. The minimum Gasteiger partial charge on any atom is -0.493 e. The van der Waals surface area contributed by atoms with Gasteiger partial charge in [0.25, 0.3) is 0 Å². The van der Waals surface area contributed by atoms with Gasteiger partial charge in [-0.3, -0.25) is 0 Å². The number of benzene rings is 1. The maximum absolute atomic E-state index is 5.85. The molecule has 2 rings (SSSR count). The van der Waals surface area contributed by atoms with E-state index in [4.69, 9.17) is 10.5 Å². The molecular weight excluding hydrogens is 322 g/mol. The van der Waals surface area contributed by atoms with Crippen LogP contribution < -0.4 is 10.5 Å². The summed E-state index contributed by atoms with van der Waals surface area (Å²) in [7, 11) is 0. The predicted molar refractivity (Wildman–Crippen MR) is 85.0 cm³/mol. The molecule has 0 aliphatic rings. The molecule has 1 aromatic carbocycles. The van der Waals surface area contributed by atoms with E-state index in [0.29, 0.717) is 6.61 Å². The zero-order valence-electron chi connectivity index (χ0n) is 10.9. The van der Waals surface area contributed by atoms with E-state index in [2.05, 4.69) is 39.5 Å². The van der Waals surface area contributed by atoms with Gasteiger partial charge < -0.3 is 10.5 Å². The highest BCUT2D eigenvalue weighted by molar-refractivity contribution is 9.10. The molecule has 0 fully saturated rings. The fourth-order valence-electron chi connectivity index (χ4n) is 1.87. The average Bonchev–Trinajstić information content (AvgIpc) is 2.86. The molecule has 0 aliphatic heterocycles. The van der Waals surface area contributed by atoms with Crippen molar-refractivity contribution >= 4 is 27.3 Å². The topological polar surface area (TPSA) is 35.2 Å². The zero-order chi connectivity index (χ0) is 13.7. The summed E-state index contributed by atoms with van der Waals surface area (Å²) in [6, 6.07) is 10.4. The van der Waals surface area contributed by atoms with Crippen LogP contribution in [0.25, 0.3) is 0 Å². The summed E-state index contributed by atoms with van der Waals surface area (Å²) in [5.74, 6) is 0.912. The van der Waals surface area contributed by atoms with Gasteiger partial charge in [0.15, 0.2) is 0 Å². The summed E-state index contributed by atoms with van der Waals surface area (Å²) in [4.78, 5) is 1.35. The molecule has 0 saturated carbocycles. The van der Waals surface area contributed by atoms with E-state index in [1.807, 2.05) is 19.1 Å². The molecule has 0 saturated heterocycles. The highest BCUT2D eigenvalue weighted by Gasteiger charge is 2.05. The first-order chi connectivity index (χ1) is 9.15. The van der Waals surface area contributed by atoms with Crippen molar-refractivity contribution < 1.29 is 4.74 Å². The number of halogens is 1. The van der Waals surface area contributed by atoms with Crippen LogP contribution in [0.15, 0.2) is 40.2 Å². The Morgan fingerprint density at radius 1 is 1.37 bits per heavy atom. The third kappa shape index (κ3) is 4.64. The number of thiophene rings is 1. The lowest BCUT2D eigenvalue weighted by Gasteiger charge is -2.11. The Morgan fingerprint density at radius 2 is 2.21 bits per heavy atom. The van der Waals surface area contributed by atoms with E-state index >= 15 is 0 Å². The Bertz CT molecular complexity index is 511. The number of rotatable bonds is 6. The molecule has 0 amide bonds. The van der Waals surface area contributed by atoms with Crippen LogP contribution in [0.3, 0.4) is 0 Å². The lowest BCUT2D eigenvalue weighted by Crippen LogP contribution is -2.18. The smallest absolute Gasteiger partial charge is 0.119 e. The van der Waals surface area contributed by atoms with Crippen LogP contribution in [0.2, 0.25) is 0 Å². The Morgan fingerprint density at radius 3 is 2.89 bits per heavy atom. The van der Waals surface area contributed by atoms with Crippen molar-refractivity contribution in [2.24, 2.45) is 5.73 Å². The molecule has 19 heavy (non-hydrogen) atoms. The number of nitrogens with two attached hydrogens (primary N) is 1. The van der Waals surface area contributed by atoms with Crippen LogP contribution in [0.5, 0.6) is 5.75 Å². The number of hydrogen-bond acceptors (Lipinski definition) is 3. The largest absolute Gasteiger partial charge is 0.493 e. The average molecular weight is 340 g/mol. The quantitative estimate of drug-likeness (QED) is 0.862. The van der Waals surface area contributed by atoms with Gasteiger partial charge in [0, 0.05) is 21.8 Å². The molecule has 0 bridgehead atoms. The molecule has 1 unspecified atom stereocenters. The van der Waals surface area contributed by atoms with Crippen LogP contribution in [0.4, 0.5) is 0 Å². The molecule has 1 aromatic heterocycles. The number of ether oxygens (including phenoxy) is 1. The van der Waals surface area contributed by atoms with Crippen molar-refractivity contribution in [1.82, 2.24) is 0 Å². The van der Waals surface area contributed by atoms with E-state index in [0.717, 1.165) is 23.1 Å². The van der Waals surface area contributed by atoms with Crippen molar-refractivity contribution in [2.45, 2.75) is 25.8 Å². The summed E-state index contributed by atoms with van der Waals surface area (Å²) in [5.41, 5.74) is 7.05. The summed E-state index contributed by atoms with van der Waals surface area (Å²) in [5, 5.41) is 2.09. The summed E-state index contributed by atoms with van der Waals surface area (Å²) in [6.45, 7) is 2.72. The Kier molecular flexibility index (Phi) is 5.43. The van der Waals surface area contributed by atoms with Crippen LogP contribution in [-0.4, -0.2) is 12.6 Å². The Hall–Kier alpha value is -0.840. The van der Waals surface area contributed by atoms with Gasteiger partial charge in [0.05, 0.1) is 6.61 Å². The van der Waals surface area contributed by atoms with E-state index in [-0.39, 0.29) is 6.04 Å². The second-order valence-corrected chi connectivity index (χ2v) is 6.50. The second kappa shape index (κ2) is 7.08. The Labute approximate surface area is 126 Å². The fourth-order valence-corrected chi connectivity index (χ4v) is 2.97. The molecule has 2 N–H and O–H groups in total. The summed E-state index contributed by atoms with van der Waals surface area (Å²) in [6.07, 6.45) is 1.80. The third-order valence-electron chi connectivity index (χ3n) is 2.76. The van der Waals surface area contributed by atoms with E-state index < -0.39 is 0 Å². The van der Waals surface area contributed by atoms with Crippen LogP contribution >= 0.6 is 27.3 Å². The summed E-state index contributed by atoms with van der Waals surface area (Å²) >= 11 is 5.32. The first-order valence-corrected chi connectivity index (χ1v) is 8.01. The molecule has 102 valence electrons. The third-order valence-corrected chi connectivity index (χ3v) is 4.47. The van der Waals surface area contributed by atoms with Crippen LogP contribution in [0.1, 0.15) is 17.4 Å². The lowest BCUT2D eigenvalue weighted by atomic mass is 10.1. The van der Waals surface area contributed by atoms with E-state index in [9.17, 15) is 0 Å². The molecule has 0 radical (unpaired) electrons. The second-order valence-electron chi connectivity index (χ2n) is 4.61. The van der Waals surface area contributed by atoms with E-state index in [1.54, 1.807) is 11.3 Å². The minimum absolute atomic E-state index is 0.151. The van der Waals surface area contributed by atoms with Crippen molar-refractivity contribution in [3.05, 3.63) is 50.6 Å². The van der Waals surface area contributed by atoms with Gasteiger partial charge in [0.1, 0.15) is 5.75 Å². The molecule has 1 atom stereocenters. The molecule has 1 heterocycles. The van der Waals surface area contributed by atoms with Gasteiger partial charge in [-0.15, -0.1) is 11.3 Å². The first kappa shape index (κ1) is 14.6. The maximum Gasteiger partial charge on any atom is 0.119 e. The van der Waals surface area contributed by atoms with Gasteiger partial charge in [-0.05, 0) is 48.6 Å². The van der Waals surface area contributed by atoms with Gasteiger partial charge in [0.2, 0.25) is 0 Å². The van der Waals surface area contributed by atoms with Gasteiger partial charge in [-0.2, -0.15) is 0 Å². The highest BCUT2D eigenvalue weighted by atomic mass is 79.9. The Balaban J connectivity index is 1.93. The predicted octanol–water partition coefficient (Wildman–Crippen LogP) is 4.02. The lowest BCUT2D eigenvalue weighted by molar-refractivity contribution is 0.322. The van der Waals surface area contributed by atoms with Gasteiger partial charge in [-0.25, -0.2) is 0 Å². The molecule has 4 heteroatoms. The standard InChI is InChI=1S/C15H18BrNOS/c1-11(17)9-12-10-13(4-5-15(12)16)18-7-6-14-3-2-8-19-14/h2-5,8,10-11H,6-7,9,17H2,1H3. The molecule has 0 aliphatic carbocycles. The van der Waals surface area contributed by atoms with Crippen molar-refractivity contribution in [3.63, 3.8) is 0 Å². The number of hydrogen-bond donors (Lipinski definition) is 1.